The molecule has 0 saturated heterocycles. The predicted molar refractivity (Wildman–Crippen MR) is 86.8 cm³/mol. The molecule has 5 heteroatoms. The molecule has 1 aromatic heterocycles. The molecule has 110 valence electrons. The third-order valence-corrected chi connectivity index (χ3v) is 3.30. The van der Waals surface area contributed by atoms with E-state index in [1.165, 1.54) is 0 Å². The van der Waals surface area contributed by atoms with E-state index in [1.807, 2.05) is 32.9 Å². The fourth-order valence-electron chi connectivity index (χ4n) is 1.83. The van der Waals surface area contributed by atoms with Crippen LogP contribution in [0.25, 0.3) is 0 Å². The number of rotatable bonds is 4. The number of nitrogens with zero attached hydrogens (tertiary/aromatic N) is 1. The number of hydrogen-bond donors (Lipinski definition) is 1. The van der Waals surface area contributed by atoms with Crippen LogP contribution in [0.15, 0.2) is 41.0 Å². The van der Waals surface area contributed by atoms with Crippen molar-refractivity contribution in [2.45, 2.75) is 26.9 Å². The zero-order chi connectivity index (χ0) is 15.4. The molecule has 0 aliphatic carbocycles. The van der Waals surface area contributed by atoms with Gasteiger partial charge in [0.05, 0.1) is 6.10 Å². The Bertz CT molecular complexity index is 656. The van der Waals surface area contributed by atoms with Crippen LogP contribution in [-0.2, 0) is 0 Å². The highest BCUT2D eigenvalue weighted by molar-refractivity contribution is 9.10. The molecule has 4 nitrogen and oxygen atoms in total. The number of amides is 1. The van der Waals surface area contributed by atoms with Crippen LogP contribution in [0.2, 0.25) is 0 Å². The summed E-state index contributed by atoms with van der Waals surface area (Å²) >= 11 is 3.38. The topological polar surface area (TPSA) is 51.2 Å². The Hall–Kier alpha value is -1.88. The maximum absolute atomic E-state index is 12.4. The van der Waals surface area contributed by atoms with Crippen LogP contribution in [-0.4, -0.2) is 17.0 Å². The van der Waals surface area contributed by atoms with E-state index in [1.54, 1.807) is 24.4 Å². The molecule has 0 atom stereocenters. The van der Waals surface area contributed by atoms with E-state index >= 15 is 0 Å². The number of pyridine rings is 1. The number of nitrogens with one attached hydrogen (secondary N) is 1. The first-order valence-electron chi connectivity index (χ1n) is 6.66. The van der Waals surface area contributed by atoms with Crippen molar-refractivity contribution in [3.63, 3.8) is 0 Å². The number of ether oxygens (including phenoxy) is 1. The molecule has 0 unspecified atom stereocenters. The first-order chi connectivity index (χ1) is 9.97. The van der Waals surface area contributed by atoms with Crippen LogP contribution in [0.5, 0.6) is 5.88 Å². The van der Waals surface area contributed by atoms with Gasteiger partial charge in [-0.05, 0) is 50.6 Å². The lowest BCUT2D eigenvalue weighted by Crippen LogP contribution is -2.16. The van der Waals surface area contributed by atoms with Crippen LogP contribution in [0.1, 0.15) is 29.8 Å². The SMILES string of the molecule is Cc1ccc(Br)cc1C(=O)Nc1cccnc1OC(C)C. The summed E-state index contributed by atoms with van der Waals surface area (Å²) in [6.07, 6.45) is 1.63. The Balaban J connectivity index is 2.25. The summed E-state index contributed by atoms with van der Waals surface area (Å²) in [6, 6.07) is 9.13. The summed E-state index contributed by atoms with van der Waals surface area (Å²) in [5, 5.41) is 2.85. The minimum absolute atomic E-state index is 0.0110. The van der Waals surface area contributed by atoms with Gasteiger partial charge in [0.15, 0.2) is 0 Å². The Labute approximate surface area is 132 Å². The van der Waals surface area contributed by atoms with Gasteiger partial charge in [0.2, 0.25) is 5.88 Å². The molecule has 2 aromatic rings. The molecule has 2 rings (SSSR count). The zero-order valence-corrected chi connectivity index (χ0v) is 13.8. The maximum atomic E-state index is 12.4. The van der Waals surface area contributed by atoms with Crippen molar-refractivity contribution in [3.05, 3.63) is 52.1 Å². The van der Waals surface area contributed by atoms with E-state index in [0.717, 1.165) is 10.0 Å². The minimum atomic E-state index is -0.185. The molecule has 1 amide bonds. The number of carbonyl (C=O) groups excluding carboxylic acids is 1. The average molecular weight is 349 g/mol. The highest BCUT2D eigenvalue weighted by Crippen LogP contribution is 2.24. The second-order valence-electron chi connectivity index (χ2n) is 4.94. The molecular formula is C16H17BrN2O2. The van der Waals surface area contributed by atoms with Gasteiger partial charge in [-0.15, -0.1) is 0 Å². The van der Waals surface area contributed by atoms with Crippen LogP contribution >= 0.6 is 15.9 Å². The van der Waals surface area contributed by atoms with Crippen LogP contribution in [0, 0.1) is 6.92 Å². The van der Waals surface area contributed by atoms with Crippen molar-refractivity contribution in [3.8, 4) is 5.88 Å². The summed E-state index contributed by atoms with van der Waals surface area (Å²) in [5.74, 6) is 0.240. The standard InChI is InChI=1S/C16H17BrN2O2/c1-10(2)21-16-14(5-4-8-18-16)19-15(20)13-9-12(17)7-6-11(13)3/h4-10H,1-3H3,(H,19,20). The number of hydrogen-bond acceptors (Lipinski definition) is 3. The lowest BCUT2D eigenvalue weighted by molar-refractivity contribution is 0.102. The van der Waals surface area contributed by atoms with Crippen molar-refractivity contribution < 1.29 is 9.53 Å². The third kappa shape index (κ3) is 4.04. The van der Waals surface area contributed by atoms with E-state index in [0.29, 0.717) is 17.1 Å². The molecule has 0 spiro atoms. The monoisotopic (exact) mass is 348 g/mol. The van der Waals surface area contributed by atoms with Crippen molar-refractivity contribution >= 4 is 27.5 Å². The van der Waals surface area contributed by atoms with Crippen molar-refractivity contribution in [1.29, 1.82) is 0 Å². The fourth-order valence-corrected chi connectivity index (χ4v) is 2.19. The van der Waals surface area contributed by atoms with Gasteiger partial charge >= 0.3 is 0 Å². The molecule has 1 aromatic carbocycles. The Kier molecular flexibility index (Phi) is 4.96. The first-order valence-corrected chi connectivity index (χ1v) is 7.46. The molecule has 0 saturated carbocycles. The van der Waals surface area contributed by atoms with Gasteiger partial charge in [-0.1, -0.05) is 22.0 Å². The Morgan fingerprint density at radius 3 is 2.81 bits per heavy atom. The van der Waals surface area contributed by atoms with Gasteiger partial charge in [0, 0.05) is 16.2 Å². The van der Waals surface area contributed by atoms with Gasteiger partial charge in [-0.25, -0.2) is 4.98 Å². The number of carbonyl (C=O) groups is 1. The quantitative estimate of drug-likeness (QED) is 0.900. The third-order valence-electron chi connectivity index (χ3n) is 2.81. The van der Waals surface area contributed by atoms with Crippen molar-refractivity contribution in [2.75, 3.05) is 5.32 Å². The van der Waals surface area contributed by atoms with Gasteiger partial charge in [0.25, 0.3) is 5.91 Å². The predicted octanol–water partition coefficient (Wildman–Crippen LogP) is 4.19. The molecule has 0 aliphatic heterocycles. The highest BCUT2D eigenvalue weighted by Gasteiger charge is 2.13. The van der Waals surface area contributed by atoms with Gasteiger partial charge in [0.1, 0.15) is 5.69 Å². The van der Waals surface area contributed by atoms with Crippen LogP contribution in [0.4, 0.5) is 5.69 Å². The number of aromatic nitrogens is 1. The molecule has 1 heterocycles. The van der Waals surface area contributed by atoms with Crippen LogP contribution in [0.3, 0.4) is 0 Å². The van der Waals surface area contributed by atoms with E-state index in [9.17, 15) is 4.79 Å². The van der Waals surface area contributed by atoms with Crippen LogP contribution < -0.4 is 10.1 Å². The number of halogens is 1. The van der Waals surface area contributed by atoms with E-state index < -0.39 is 0 Å². The molecule has 0 fully saturated rings. The Morgan fingerprint density at radius 2 is 2.10 bits per heavy atom. The Morgan fingerprint density at radius 1 is 1.33 bits per heavy atom. The molecule has 0 radical (unpaired) electrons. The number of benzene rings is 1. The molecule has 0 aliphatic rings. The molecule has 0 bridgehead atoms. The summed E-state index contributed by atoms with van der Waals surface area (Å²) in [4.78, 5) is 16.6. The van der Waals surface area contributed by atoms with Gasteiger partial charge in [-0.3, -0.25) is 4.79 Å². The second kappa shape index (κ2) is 6.72. The normalized spacial score (nSPS) is 10.5. The average Bonchev–Trinajstić information content (AvgIpc) is 2.43. The minimum Gasteiger partial charge on any atom is -0.473 e. The number of anilines is 1. The maximum Gasteiger partial charge on any atom is 0.256 e. The van der Waals surface area contributed by atoms with Gasteiger partial charge in [-0.2, -0.15) is 0 Å². The van der Waals surface area contributed by atoms with E-state index in [-0.39, 0.29) is 12.0 Å². The smallest absolute Gasteiger partial charge is 0.256 e. The summed E-state index contributed by atoms with van der Waals surface area (Å²) < 4.78 is 6.46. The summed E-state index contributed by atoms with van der Waals surface area (Å²) in [5.41, 5.74) is 2.09. The largest absolute Gasteiger partial charge is 0.473 e. The zero-order valence-electron chi connectivity index (χ0n) is 12.2. The second-order valence-corrected chi connectivity index (χ2v) is 5.85. The van der Waals surface area contributed by atoms with Crippen molar-refractivity contribution in [1.82, 2.24) is 4.98 Å². The van der Waals surface area contributed by atoms with E-state index in [4.69, 9.17) is 4.74 Å². The highest BCUT2D eigenvalue weighted by atomic mass is 79.9. The lowest BCUT2D eigenvalue weighted by Gasteiger charge is -2.14. The van der Waals surface area contributed by atoms with Gasteiger partial charge < -0.3 is 10.1 Å². The lowest BCUT2D eigenvalue weighted by atomic mass is 10.1. The first kappa shape index (κ1) is 15.5. The number of aryl methyl sites for hydroxylation is 1. The molecular weight excluding hydrogens is 332 g/mol. The molecule has 21 heavy (non-hydrogen) atoms. The fraction of sp³-hybridized carbons (Fsp3) is 0.250. The molecule has 1 N–H and O–H groups in total. The summed E-state index contributed by atoms with van der Waals surface area (Å²) in [6.45, 7) is 5.73. The summed E-state index contributed by atoms with van der Waals surface area (Å²) in [7, 11) is 0. The van der Waals surface area contributed by atoms with Crippen molar-refractivity contribution in [2.24, 2.45) is 0 Å². The van der Waals surface area contributed by atoms with E-state index in [2.05, 4.69) is 26.2 Å².